The molecule has 0 saturated heterocycles. The van der Waals surface area contributed by atoms with Crippen LogP contribution in [0.1, 0.15) is 15.9 Å². The molecule has 0 spiro atoms. The van der Waals surface area contributed by atoms with Crippen molar-refractivity contribution in [2.75, 3.05) is 5.32 Å². The van der Waals surface area contributed by atoms with Crippen LogP contribution in [0.3, 0.4) is 0 Å². The molecule has 0 bridgehead atoms. The Morgan fingerprint density at radius 2 is 1.78 bits per heavy atom. The number of nitrogens with zero attached hydrogens (tertiary/aromatic N) is 2. The van der Waals surface area contributed by atoms with Gasteiger partial charge in [0.1, 0.15) is 12.4 Å². The second-order valence-corrected chi connectivity index (χ2v) is 4.84. The lowest BCUT2D eigenvalue weighted by atomic mass is 10.2. The third kappa shape index (κ3) is 3.91. The van der Waals surface area contributed by atoms with Gasteiger partial charge in [0.25, 0.3) is 5.91 Å². The van der Waals surface area contributed by atoms with Gasteiger partial charge in [-0.25, -0.2) is 0 Å². The molecule has 1 N–H and O–H groups in total. The van der Waals surface area contributed by atoms with Crippen LogP contribution in [0.15, 0.2) is 73.3 Å². The van der Waals surface area contributed by atoms with E-state index in [2.05, 4.69) is 15.3 Å². The maximum atomic E-state index is 12.4. The molecule has 1 amide bonds. The number of amides is 1. The van der Waals surface area contributed by atoms with Crippen molar-refractivity contribution >= 4 is 11.6 Å². The molecule has 5 nitrogen and oxygen atoms in total. The first-order chi connectivity index (χ1) is 11.3. The molecule has 23 heavy (non-hydrogen) atoms. The number of ether oxygens (including phenoxy) is 1. The Bertz CT molecular complexity index is 777. The quantitative estimate of drug-likeness (QED) is 0.785. The fraction of sp³-hybridized carbons (Fsp3) is 0.0556. The first kappa shape index (κ1) is 14.7. The van der Waals surface area contributed by atoms with Crippen molar-refractivity contribution in [3.8, 4) is 5.75 Å². The number of carbonyl (C=O) groups is 1. The van der Waals surface area contributed by atoms with Crippen molar-refractivity contribution in [1.29, 1.82) is 0 Å². The van der Waals surface area contributed by atoms with Crippen molar-refractivity contribution in [2.45, 2.75) is 6.61 Å². The van der Waals surface area contributed by atoms with Crippen molar-refractivity contribution < 1.29 is 9.53 Å². The highest BCUT2D eigenvalue weighted by atomic mass is 16.5. The maximum absolute atomic E-state index is 12.4. The molecule has 2 heterocycles. The Kier molecular flexibility index (Phi) is 4.59. The number of hydrogen-bond acceptors (Lipinski definition) is 4. The van der Waals surface area contributed by atoms with Gasteiger partial charge in [0.05, 0.1) is 17.4 Å². The highest BCUT2D eigenvalue weighted by Crippen LogP contribution is 2.19. The molecule has 2 aromatic heterocycles. The van der Waals surface area contributed by atoms with E-state index in [9.17, 15) is 4.79 Å². The Morgan fingerprint density at radius 3 is 2.57 bits per heavy atom. The molecule has 0 aliphatic heterocycles. The predicted molar refractivity (Wildman–Crippen MR) is 87.2 cm³/mol. The van der Waals surface area contributed by atoms with E-state index >= 15 is 0 Å². The van der Waals surface area contributed by atoms with Crippen LogP contribution >= 0.6 is 0 Å². The first-order valence-electron chi connectivity index (χ1n) is 7.15. The summed E-state index contributed by atoms with van der Waals surface area (Å²) in [5.74, 6) is 0.208. The molecule has 5 heteroatoms. The molecule has 0 unspecified atom stereocenters. The number of hydrogen-bond donors (Lipinski definition) is 1. The van der Waals surface area contributed by atoms with E-state index in [1.807, 2.05) is 30.3 Å². The summed E-state index contributed by atoms with van der Waals surface area (Å²) in [4.78, 5) is 20.4. The number of carbonyl (C=O) groups excluding carboxylic acids is 1. The van der Waals surface area contributed by atoms with Crippen molar-refractivity contribution in [2.24, 2.45) is 0 Å². The van der Waals surface area contributed by atoms with E-state index in [0.29, 0.717) is 23.6 Å². The van der Waals surface area contributed by atoms with E-state index in [0.717, 1.165) is 5.56 Å². The van der Waals surface area contributed by atoms with Gasteiger partial charge >= 0.3 is 0 Å². The van der Waals surface area contributed by atoms with Gasteiger partial charge in [-0.05, 0) is 23.8 Å². The van der Waals surface area contributed by atoms with Gasteiger partial charge in [-0.3, -0.25) is 14.8 Å². The van der Waals surface area contributed by atoms with Crippen LogP contribution in [0, 0.1) is 0 Å². The number of rotatable bonds is 5. The summed E-state index contributed by atoms with van der Waals surface area (Å²) in [5.41, 5.74) is 2.03. The monoisotopic (exact) mass is 305 g/mol. The van der Waals surface area contributed by atoms with Gasteiger partial charge in [0, 0.05) is 18.6 Å². The zero-order valence-corrected chi connectivity index (χ0v) is 12.3. The molecule has 0 saturated carbocycles. The summed E-state index contributed by atoms with van der Waals surface area (Å²) in [7, 11) is 0. The van der Waals surface area contributed by atoms with Crippen LogP contribution in [-0.4, -0.2) is 15.9 Å². The van der Waals surface area contributed by atoms with Gasteiger partial charge in [-0.2, -0.15) is 0 Å². The Labute approximate surface area is 134 Å². The lowest BCUT2D eigenvalue weighted by Gasteiger charge is -2.11. The summed E-state index contributed by atoms with van der Waals surface area (Å²) >= 11 is 0. The van der Waals surface area contributed by atoms with E-state index in [-0.39, 0.29) is 5.91 Å². The molecule has 3 rings (SSSR count). The highest BCUT2D eigenvalue weighted by Gasteiger charge is 2.13. The average molecular weight is 305 g/mol. The fourth-order valence-electron chi connectivity index (χ4n) is 2.05. The van der Waals surface area contributed by atoms with Gasteiger partial charge < -0.3 is 10.1 Å². The van der Waals surface area contributed by atoms with E-state index in [1.54, 1.807) is 36.8 Å². The first-order valence-corrected chi connectivity index (χ1v) is 7.15. The summed E-state index contributed by atoms with van der Waals surface area (Å²) in [6.07, 6.45) is 6.32. The molecule has 3 aromatic rings. The Balaban J connectivity index is 1.73. The van der Waals surface area contributed by atoms with Crippen LogP contribution in [0.25, 0.3) is 0 Å². The Hall–Kier alpha value is -3.21. The SMILES string of the molecule is O=C(Nc1cccnc1)c1cnccc1OCc1ccccc1. The maximum Gasteiger partial charge on any atom is 0.261 e. The van der Waals surface area contributed by atoms with Crippen molar-refractivity contribution in [3.63, 3.8) is 0 Å². The van der Waals surface area contributed by atoms with Gasteiger partial charge in [-0.15, -0.1) is 0 Å². The predicted octanol–water partition coefficient (Wildman–Crippen LogP) is 3.31. The molecule has 1 aromatic carbocycles. The fourth-order valence-corrected chi connectivity index (χ4v) is 2.05. The normalized spacial score (nSPS) is 10.1. The van der Waals surface area contributed by atoms with Crippen LogP contribution in [0.5, 0.6) is 5.75 Å². The van der Waals surface area contributed by atoms with Gasteiger partial charge in [-0.1, -0.05) is 30.3 Å². The molecule has 0 aliphatic rings. The van der Waals surface area contributed by atoms with Crippen LogP contribution in [0.4, 0.5) is 5.69 Å². The lowest BCUT2D eigenvalue weighted by Crippen LogP contribution is -2.14. The van der Waals surface area contributed by atoms with Crippen LogP contribution in [-0.2, 0) is 6.61 Å². The number of anilines is 1. The number of pyridine rings is 2. The number of nitrogens with one attached hydrogen (secondary N) is 1. The standard InChI is InChI=1S/C18H15N3O2/c22-18(21-15-7-4-9-19-11-15)16-12-20-10-8-17(16)23-13-14-5-2-1-3-6-14/h1-12H,13H2,(H,21,22). The minimum atomic E-state index is -0.283. The minimum Gasteiger partial charge on any atom is -0.488 e. The number of benzene rings is 1. The van der Waals surface area contributed by atoms with E-state index in [4.69, 9.17) is 4.74 Å². The molecule has 0 aliphatic carbocycles. The largest absolute Gasteiger partial charge is 0.488 e. The van der Waals surface area contributed by atoms with Crippen molar-refractivity contribution in [3.05, 3.63) is 84.4 Å². The molecule has 0 radical (unpaired) electrons. The highest BCUT2D eigenvalue weighted by molar-refractivity contribution is 6.05. The summed E-state index contributed by atoms with van der Waals surface area (Å²) in [5, 5.41) is 2.78. The Morgan fingerprint density at radius 1 is 0.957 bits per heavy atom. The van der Waals surface area contributed by atoms with Crippen LogP contribution < -0.4 is 10.1 Å². The topological polar surface area (TPSA) is 64.1 Å². The second kappa shape index (κ2) is 7.17. The summed E-state index contributed by atoms with van der Waals surface area (Å²) in [6, 6.07) is 15.0. The van der Waals surface area contributed by atoms with Crippen molar-refractivity contribution in [1.82, 2.24) is 9.97 Å². The summed E-state index contributed by atoms with van der Waals surface area (Å²) < 4.78 is 5.77. The van der Waals surface area contributed by atoms with Gasteiger partial charge in [0.15, 0.2) is 0 Å². The summed E-state index contributed by atoms with van der Waals surface area (Å²) in [6.45, 7) is 0.387. The number of aromatic nitrogens is 2. The smallest absolute Gasteiger partial charge is 0.261 e. The minimum absolute atomic E-state index is 0.283. The molecule has 0 fully saturated rings. The zero-order chi connectivity index (χ0) is 15.9. The zero-order valence-electron chi connectivity index (χ0n) is 12.3. The third-order valence-electron chi connectivity index (χ3n) is 3.18. The molecular weight excluding hydrogens is 290 g/mol. The van der Waals surface area contributed by atoms with Gasteiger partial charge in [0.2, 0.25) is 0 Å². The third-order valence-corrected chi connectivity index (χ3v) is 3.18. The average Bonchev–Trinajstić information content (AvgIpc) is 2.62. The molecular formula is C18H15N3O2. The van der Waals surface area contributed by atoms with Crippen LogP contribution in [0.2, 0.25) is 0 Å². The van der Waals surface area contributed by atoms with E-state index < -0.39 is 0 Å². The van der Waals surface area contributed by atoms with E-state index in [1.165, 1.54) is 6.20 Å². The molecule has 114 valence electrons. The second-order valence-electron chi connectivity index (χ2n) is 4.84. The lowest BCUT2D eigenvalue weighted by molar-refractivity contribution is 0.102. The molecule has 0 atom stereocenters.